The van der Waals surface area contributed by atoms with Crippen molar-refractivity contribution in [2.24, 2.45) is 5.92 Å². The first-order valence-corrected chi connectivity index (χ1v) is 7.28. The monoisotopic (exact) mass is 316 g/mol. The Kier molecular flexibility index (Phi) is 6.80. The maximum atomic E-state index is 3.46. The van der Waals surface area contributed by atoms with Gasteiger partial charge in [-0.05, 0) is 49.3 Å². The van der Waals surface area contributed by atoms with E-state index < -0.39 is 0 Å². The van der Waals surface area contributed by atoms with Crippen LogP contribution in [0.3, 0.4) is 0 Å². The van der Waals surface area contributed by atoms with Gasteiger partial charge in [0.2, 0.25) is 0 Å². The molecule has 2 aliphatic rings. The molecule has 1 heterocycles. The van der Waals surface area contributed by atoms with Gasteiger partial charge in [0.15, 0.2) is 0 Å². The number of aryl methyl sites for hydroxylation is 1. The number of nitrogens with one attached hydrogen (secondary N) is 1. The summed E-state index contributed by atoms with van der Waals surface area (Å²) in [4.78, 5) is 2.70. The van der Waals surface area contributed by atoms with Crippen molar-refractivity contribution < 1.29 is 0 Å². The molecule has 1 aromatic carbocycles. The van der Waals surface area contributed by atoms with Crippen molar-refractivity contribution in [1.82, 2.24) is 10.2 Å². The number of nitrogens with zero attached hydrogens (tertiary/aromatic N) is 1. The second-order valence-corrected chi connectivity index (χ2v) is 5.86. The van der Waals surface area contributed by atoms with E-state index in [4.69, 9.17) is 0 Å². The van der Waals surface area contributed by atoms with E-state index in [0.29, 0.717) is 6.04 Å². The summed E-state index contributed by atoms with van der Waals surface area (Å²) in [7, 11) is 0. The number of hydrogen-bond donors (Lipinski definition) is 1. The van der Waals surface area contributed by atoms with E-state index in [9.17, 15) is 0 Å². The summed E-state index contributed by atoms with van der Waals surface area (Å²) >= 11 is 0. The van der Waals surface area contributed by atoms with E-state index in [1.807, 2.05) is 0 Å². The van der Waals surface area contributed by atoms with E-state index in [0.717, 1.165) is 19.0 Å². The van der Waals surface area contributed by atoms with Crippen LogP contribution in [-0.4, -0.2) is 31.1 Å². The highest BCUT2D eigenvalue weighted by Crippen LogP contribution is 2.45. The molecule has 1 saturated heterocycles. The summed E-state index contributed by atoms with van der Waals surface area (Å²) in [5, 5.41) is 3.46. The summed E-state index contributed by atoms with van der Waals surface area (Å²) in [5.41, 5.74) is 4.53. The third-order valence-electron chi connectivity index (χ3n) is 4.58. The molecule has 1 aliphatic carbocycles. The van der Waals surface area contributed by atoms with Gasteiger partial charge in [0, 0.05) is 32.2 Å². The third kappa shape index (κ3) is 3.67. The predicted octanol–water partition coefficient (Wildman–Crippen LogP) is 3.50. The predicted molar refractivity (Wildman–Crippen MR) is 90.3 cm³/mol. The van der Waals surface area contributed by atoms with Crippen molar-refractivity contribution in [3.05, 3.63) is 34.9 Å². The van der Waals surface area contributed by atoms with Crippen LogP contribution in [0.25, 0.3) is 0 Å². The SMILES string of the molecule is Cc1cccc([C@@H](C2CC2)N2CCNCC2)c1C.Cl.Cl. The molecule has 1 atom stereocenters. The van der Waals surface area contributed by atoms with Crippen LogP contribution in [0.5, 0.6) is 0 Å². The van der Waals surface area contributed by atoms with E-state index >= 15 is 0 Å². The molecular weight excluding hydrogens is 291 g/mol. The Morgan fingerprint density at radius 2 is 1.75 bits per heavy atom. The Morgan fingerprint density at radius 1 is 1.10 bits per heavy atom. The van der Waals surface area contributed by atoms with E-state index in [1.54, 1.807) is 5.56 Å². The highest BCUT2D eigenvalue weighted by Gasteiger charge is 2.37. The Hall–Kier alpha value is -0.280. The van der Waals surface area contributed by atoms with Crippen molar-refractivity contribution in [2.75, 3.05) is 26.2 Å². The molecule has 0 unspecified atom stereocenters. The fourth-order valence-corrected chi connectivity index (χ4v) is 3.22. The second-order valence-electron chi connectivity index (χ2n) is 5.86. The zero-order chi connectivity index (χ0) is 12.5. The molecular formula is C16H26Cl2N2. The van der Waals surface area contributed by atoms with Gasteiger partial charge in [0.05, 0.1) is 0 Å². The lowest BCUT2D eigenvalue weighted by Crippen LogP contribution is -2.45. The molecule has 1 N–H and O–H groups in total. The first kappa shape index (κ1) is 17.8. The van der Waals surface area contributed by atoms with Crippen LogP contribution in [0.15, 0.2) is 18.2 Å². The summed E-state index contributed by atoms with van der Waals surface area (Å²) in [6.07, 6.45) is 2.84. The van der Waals surface area contributed by atoms with Crippen molar-refractivity contribution in [3.63, 3.8) is 0 Å². The van der Waals surface area contributed by atoms with Gasteiger partial charge in [-0.15, -0.1) is 24.8 Å². The standard InChI is InChI=1S/C16H24N2.2ClH/c1-12-4-3-5-15(13(12)2)16(14-6-7-14)18-10-8-17-9-11-18;;/h3-5,14,16-17H,6-11H2,1-2H3;2*1H/t16-;;/m1../s1. The lowest BCUT2D eigenvalue weighted by Gasteiger charge is -2.36. The Morgan fingerprint density at radius 3 is 2.35 bits per heavy atom. The molecule has 0 bridgehead atoms. The summed E-state index contributed by atoms with van der Waals surface area (Å²) in [6.45, 7) is 9.23. The van der Waals surface area contributed by atoms with Gasteiger partial charge < -0.3 is 5.32 Å². The van der Waals surface area contributed by atoms with Crippen LogP contribution in [0, 0.1) is 19.8 Å². The zero-order valence-electron chi connectivity index (χ0n) is 12.4. The van der Waals surface area contributed by atoms with Gasteiger partial charge in [-0.1, -0.05) is 18.2 Å². The van der Waals surface area contributed by atoms with Crippen molar-refractivity contribution in [3.8, 4) is 0 Å². The van der Waals surface area contributed by atoms with E-state index in [1.165, 1.54) is 37.1 Å². The smallest absolute Gasteiger partial charge is 0.0380 e. The number of benzene rings is 1. The molecule has 4 heteroatoms. The van der Waals surface area contributed by atoms with Gasteiger partial charge in [-0.3, -0.25) is 4.90 Å². The maximum Gasteiger partial charge on any atom is 0.0380 e. The van der Waals surface area contributed by atoms with Gasteiger partial charge in [0.1, 0.15) is 0 Å². The quantitative estimate of drug-likeness (QED) is 0.918. The number of hydrogen-bond acceptors (Lipinski definition) is 2. The highest BCUT2D eigenvalue weighted by molar-refractivity contribution is 5.85. The lowest BCUT2D eigenvalue weighted by molar-refractivity contribution is 0.155. The van der Waals surface area contributed by atoms with Crippen LogP contribution in [-0.2, 0) is 0 Å². The number of rotatable bonds is 3. The van der Waals surface area contributed by atoms with Crippen LogP contribution >= 0.6 is 24.8 Å². The van der Waals surface area contributed by atoms with E-state index in [2.05, 4.69) is 42.3 Å². The Bertz CT molecular complexity index is 426. The van der Waals surface area contributed by atoms with Crippen LogP contribution in [0.2, 0.25) is 0 Å². The summed E-state index contributed by atoms with van der Waals surface area (Å²) in [6, 6.07) is 7.50. The normalized spacial score (nSPS) is 20.7. The average Bonchev–Trinajstić information content (AvgIpc) is 3.21. The Balaban J connectivity index is 0.000001000. The second kappa shape index (κ2) is 7.65. The fraction of sp³-hybridized carbons (Fsp3) is 0.625. The largest absolute Gasteiger partial charge is 0.314 e. The Labute approximate surface area is 135 Å². The first-order valence-electron chi connectivity index (χ1n) is 7.28. The lowest BCUT2D eigenvalue weighted by atomic mass is 9.93. The minimum Gasteiger partial charge on any atom is -0.314 e. The fourth-order valence-electron chi connectivity index (χ4n) is 3.22. The molecule has 20 heavy (non-hydrogen) atoms. The zero-order valence-corrected chi connectivity index (χ0v) is 14.0. The highest BCUT2D eigenvalue weighted by atomic mass is 35.5. The van der Waals surface area contributed by atoms with Crippen molar-refractivity contribution >= 4 is 24.8 Å². The van der Waals surface area contributed by atoms with Gasteiger partial charge in [0.25, 0.3) is 0 Å². The molecule has 0 spiro atoms. The van der Waals surface area contributed by atoms with Crippen LogP contribution in [0.1, 0.15) is 35.6 Å². The van der Waals surface area contributed by atoms with Gasteiger partial charge >= 0.3 is 0 Å². The number of piperazine rings is 1. The summed E-state index contributed by atoms with van der Waals surface area (Å²) in [5.74, 6) is 0.906. The van der Waals surface area contributed by atoms with Crippen LogP contribution < -0.4 is 5.32 Å². The summed E-state index contributed by atoms with van der Waals surface area (Å²) < 4.78 is 0. The minimum atomic E-state index is 0. The molecule has 114 valence electrons. The molecule has 1 saturated carbocycles. The molecule has 1 aliphatic heterocycles. The van der Waals surface area contributed by atoms with Crippen molar-refractivity contribution in [1.29, 1.82) is 0 Å². The minimum absolute atomic E-state index is 0. The average molecular weight is 317 g/mol. The van der Waals surface area contributed by atoms with Gasteiger partial charge in [-0.2, -0.15) is 0 Å². The van der Waals surface area contributed by atoms with Crippen LogP contribution in [0.4, 0.5) is 0 Å². The maximum absolute atomic E-state index is 3.46. The number of halogens is 2. The van der Waals surface area contributed by atoms with E-state index in [-0.39, 0.29) is 24.8 Å². The third-order valence-corrected chi connectivity index (χ3v) is 4.58. The van der Waals surface area contributed by atoms with Gasteiger partial charge in [-0.25, -0.2) is 0 Å². The molecule has 0 radical (unpaired) electrons. The van der Waals surface area contributed by atoms with Crippen molar-refractivity contribution in [2.45, 2.75) is 32.7 Å². The molecule has 0 amide bonds. The molecule has 1 aromatic rings. The first-order chi connectivity index (χ1) is 8.77. The topological polar surface area (TPSA) is 15.3 Å². The molecule has 3 rings (SSSR count). The molecule has 2 fully saturated rings. The molecule has 0 aromatic heterocycles. The molecule has 2 nitrogen and oxygen atoms in total.